The number of nitrogens with one attached hydrogen (secondary N) is 1. The van der Waals surface area contributed by atoms with Crippen molar-refractivity contribution < 1.29 is 21.6 Å². The van der Waals surface area contributed by atoms with Crippen LogP contribution in [0.2, 0.25) is 0 Å². The minimum atomic E-state index is -3.71. The van der Waals surface area contributed by atoms with E-state index in [2.05, 4.69) is 4.72 Å². The van der Waals surface area contributed by atoms with E-state index in [4.69, 9.17) is 4.74 Å². The van der Waals surface area contributed by atoms with Crippen molar-refractivity contribution in [2.45, 2.75) is 31.7 Å². The molecule has 7 nitrogen and oxygen atoms in total. The molecular formula is C14H24N2O5S2. The Kier molecular flexibility index (Phi) is 6.58. The number of ether oxygens (including phenoxy) is 1. The second kappa shape index (κ2) is 7.61. The molecule has 0 saturated heterocycles. The van der Waals surface area contributed by atoms with Gasteiger partial charge in [-0.2, -0.15) is 4.31 Å². The molecular weight excluding hydrogens is 340 g/mol. The number of nitrogens with zero attached hydrogens (tertiary/aromatic N) is 1. The summed E-state index contributed by atoms with van der Waals surface area (Å²) in [6.07, 6.45) is 1.11. The fourth-order valence-corrected chi connectivity index (χ4v) is 4.66. The van der Waals surface area contributed by atoms with Crippen molar-refractivity contribution in [2.75, 3.05) is 26.5 Å². The molecule has 0 aliphatic rings. The van der Waals surface area contributed by atoms with Crippen molar-refractivity contribution in [2.24, 2.45) is 0 Å². The van der Waals surface area contributed by atoms with Gasteiger partial charge in [0.1, 0.15) is 5.75 Å². The number of benzene rings is 1. The van der Waals surface area contributed by atoms with E-state index in [1.165, 1.54) is 17.5 Å². The van der Waals surface area contributed by atoms with Crippen LogP contribution in [0, 0.1) is 6.92 Å². The van der Waals surface area contributed by atoms with Gasteiger partial charge >= 0.3 is 0 Å². The zero-order valence-electron chi connectivity index (χ0n) is 14.0. The first-order valence-corrected chi connectivity index (χ1v) is 10.4. The monoisotopic (exact) mass is 364 g/mol. The molecule has 1 rings (SSSR count). The van der Waals surface area contributed by atoms with Gasteiger partial charge in [-0.1, -0.05) is 0 Å². The van der Waals surface area contributed by atoms with Crippen LogP contribution in [0.25, 0.3) is 0 Å². The van der Waals surface area contributed by atoms with Gasteiger partial charge in [-0.25, -0.2) is 21.6 Å². The van der Waals surface area contributed by atoms with Gasteiger partial charge in [-0.3, -0.25) is 0 Å². The molecule has 0 bridgehead atoms. The lowest BCUT2D eigenvalue weighted by atomic mass is 10.2. The van der Waals surface area contributed by atoms with Crippen molar-refractivity contribution in [1.82, 2.24) is 9.03 Å². The molecule has 1 aromatic carbocycles. The molecule has 1 aromatic rings. The van der Waals surface area contributed by atoms with Crippen LogP contribution in [-0.2, 0) is 20.0 Å². The van der Waals surface area contributed by atoms with Crippen molar-refractivity contribution in [3.63, 3.8) is 0 Å². The summed E-state index contributed by atoms with van der Waals surface area (Å²) in [5.41, 5.74) is 0.556. The van der Waals surface area contributed by atoms with E-state index in [-0.39, 0.29) is 24.0 Å². The highest BCUT2D eigenvalue weighted by molar-refractivity contribution is 7.89. The Bertz CT molecular complexity index is 742. The van der Waals surface area contributed by atoms with Crippen LogP contribution < -0.4 is 9.46 Å². The highest BCUT2D eigenvalue weighted by Gasteiger charge is 2.22. The standard InChI is InChI=1S/C14H24N2O5S2/c1-11(2)16(22(5,17)18)9-8-15-23(19,20)14-7-6-13(21-4)10-12(14)3/h6-7,10-11,15H,8-9H2,1-5H3. The summed E-state index contributed by atoms with van der Waals surface area (Å²) < 4.78 is 56.7. The summed E-state index contributed by atoms with van der Waals surface area (Å²) in [6, 6.07) is 4.43. The van der Waals surface area contributed by atoms with Crippen molar-refractivity contribution in [1.29, 1.82) is 0 Å². The minimum Gasteiger partial charge on any atom is -0.497 e. The normalized spacial score (nSPS) is 12.8. The van der Waals surface area contributed by atoms with Gasteiger partial charge in [0.05, 0.1) is 18.3 Å². The lowest BCUT2D eigenvalue weighted by Gasteiger charge is -2.24. The van der Waals surface area contributed by atoms with Crippen LogP contribution in [0.3, 0.4) is 0 Å². The number of aryl methyl sites for hydroxylation is 1. The molecule has 1 N–H and O–H groups in total. The summed E-state index contributed by atoms with van der Waals surface area (Å²) in [6.45, 7) is 5.23. The van der Waals surface area contributed by atoms with Crippen molar-refractivity contribution in [3.8, 4) is 5.75 Å². The number of sulfonamides is 2. The van der Waals surface area contributed by atoms with Gasteiger partial charge in [0.15, 0.2) is 0 Å². The molecule has 0 unspecified atom stereocenters. The van der Waals surface area contributed by atoms with E-state index in [1.807, 2.05) is 0 Å². The van der Waals surface area contributed by atoms with Crippen LogP contribution >= 0.6 is 0 Å². The number of rotatable bonds is 8. The molecule has 0 spiro atoms. The molecule has 0 amide bonds. The minimum absolute atomic E-state index is 0.000940. The molecule has 0 aromatic heterocycles. The fourth-order valence-electron chi connectivity index (χ4n) is 2.23. The zero-order valence-corrected chi connectivity index (χ0v) is 15.7. The molecule has 0 aliphatic carbocycles. The van der Waals surface area contributed by atoms with E-state index in [0.717, 1.165) is 6.26 Å². The van der Waals surface area contributed by atoms with Gasteiger partial charge in [0.2, 0.25) is 20.0 Å². The maximum absolute atomic E-state index is 12.3. The Morgan fingerprint density at radius 2 is 1.83 bits per heavy atom. The van der Waals surface area contributed by atoms with Gasteiger partial charge < -0.3 is 4.74 Å². The van der Waals surface area contributed by atoms with Gasteiger partial charge in [-0.05, 0) is 44.5 Å². The van der Waals surface area contributed by atoms with Crippen LogP contribution in [0.1, 0.15) is 19.4 Å². The molecule has 9 heteroatoms. The van der Waals surface area contributed by atoms with Crippen molar-refractivity contribution >= 4 is 20.0 Å². The smallest absolute Gasteiger partial charge is 0.240 e. The predicted molar refractivity (Wildman–Crippen MR) is 89.6 cm³/mol. The average molecular weight is 364 g/mol. The first-order chi connectivity index (χ1) is 10.5. The second-order valence-corrected chi connectivity index (χ2v) is 9.17. The Hall–Kier alpha value is -1.16. The first kappa shape index (κ1) is 19.9. The maximum Gasteiger partial charge on any atom is 0.240 e. The Morgan fingerprint density at radius 3 is 2.26 bits per heavy atom. The van der Waals surface area contributed by atoms with E-state index in [1.54, 1.807) is 32.9 Å². The summed E-state index contributed by atoms with van der Waals surface area (Å²) in [7, 11) is -5.58. The number of hydrogen-bond acceptors (Lipinski definition) is 5. The van der Waals surface area contributed by atoms with Crippen LogP contribution in [0.5, 0.6) is 5.75 Å². The average Bonchev–Trinajstić information content (AvgIpc) is 2.41. The van der Waals surface area contributed by atoms with Crippen LogP contribution in [-0.4, -0.2) is 53.6 Å². The molecule has 0 atom stereocenters. The molecule has 0 aliphatic heterocycles. The molecule has 132 valence electrons. The summed E-state index contributed by atoms with van der Waals surface area (Å²) in [5.74, 6) is 0.574. The third kappa shape index (κ3) is 5.45. The fraction of sp³-hybridized carbons (Fsp3) is 0.571. The van der Waals surface area contributed by atoms with Crippen LogP contribution in [0.15, 0.2) is 23.1 Å². The third-order valence-electron chi connectivity index (χ3n) is 3.30. The lowest BCUT2D eigenvalue weighted by molar-refractivity contribution is 0.360. The van der Waals surface area contributed by atoms with Gasteiger partial charge in [0, 0.05) is 19.1 Å². The first-order valence-electron chi connectivity index (χ1n) is 7.10. The topological polar surface area (TPSA) is 92.8 Å². The Balaban J connectivity index is 2.84. The maximum atomic E-state index is 12.3. The molecule has 0 heterocycles. The predicted octanol–water partition coefficient (Wildman–Crippen LogP) is 0.952. The highest BCUT2D eigenvalue weighted by atomic mass is 32.2. The largest absolute Gasteiger partial charge is 0.497 e. The van der Waals surface area contributed by atoms with E-state index < -0.39 is 20.0 Å². The van der Waals surface area contributed by atoms with Gasteiger partial charge in [-0.15, -0.1) is 0 Å². The van der Waals surface area contributed by atoms with Gasteiger partial charge in [0.25, 0.3) is 0 Å². The van der Waals surface area contributed by atoms with Crippen LogP contribution in [0.4, 0.5) is 0 Å². The SMILES string of the molecule is COc1ccc(S(=O)(=O)NCCN(C(C)C)S(C)(=O)=O)c(C)c1. The molecule has 23 heavy (non-hydrogen) atoms. The molecule has 0 fully saturated rings. The lowest BCUT2D eigenvalue weighted by Crippen LogP contribution is -2.41. The van der Waals surface area contributed by atoms with E-state index in [9.17, 15) is 16.8 Å². The Morgan fingerprint density at radius 1 is 1.22 bits per heavy atom. The second-order valence-electron chi connectivity index (χ2n) is 5.50. The number of methoxy groups -OCH3 is 1. The van der Waals surface area contributed by atoms with E-state index in [0.29, 0.717) is 11.3 Å². The molecule has 0 saturated carbocycles. The summed E-state index contributed by atoms with van der Waals surface area (Å²) in [5, 5.41) is 0. The molecule has 0 radical (unpaired) electrons. The quantitative estimate of drug-likeness (QED) is 0.741. The number of hydrogen-bond donors (Lipinski definition) is 1. The Labute approximate surface area is 138 Å². The zero-order chi connectivity index (χ0) is 17.8. The summed E-state index contributed by atoms with van der Waals surface area (Å²) in [4.78, 5) is 0.147. The van der Waals surface area contributed by atoms with Crippen molar-refractivity contribution in [3.05, 3.63) is 23.8 Å². The van der Waals surface area contributed by atoms with E-state index >= 15 is 0 Å². The highest BCUT2D eigenvalue weighted by Crippen LogP contribution is 2.20. The third-order valence-corrected chi connectivity index (χ3v) is 6.38. The summed E-state index contributed by atoms with van der Waals surface area (Å²) >= 11 is 0.